The summed E-state index contributed by atoms with van der Waals surface area (Å²) < 4.78 is 0. The zero-order chi connectivity index (χ0) is 12.4. The van der Waals surface area contributed by atoms with Crippen LogP contribution in [0.15, 0.2) is 18.2 Å². The second-order valence-corrected chi connectivity index (χ2v) is 4.55. The van der Waals surface area contributed by atoms with Gasteiger partial charge in [-0.25, -0.2) is 0 Å². The molecule has 2 rings (SSSR count). The highest BCUT2D eigenvalue weighted by molar-refractivity contribution is 6.30. The highest BCUT2D eigenvalue weighted by atomic mass is 35.5. The summed E-state index contributed by atoms with van der Waals surface area (Å²) in [6.45, 7) is 1.62. The standard InChI is InChI=1S/C11H14ClN3O2/c1-13-9-4-5-14(7-9)10-3-2-8(12)6-11(10)15(16)17/h2-3,6,9,13H,4-5,7H2,1H3. The van der Waals surface area contributed by atoms with Crippen LogP contribution in [0.1, 0.15) is 6.42 Å². The average molecular weight is 256 g/mol. The Morgan fingerprint density at radius 1 is 1.59 bits per heavy atom. The van der Waals surface area contributed by atoms with Crippen LogP contribution >= 0.6 is 11.6 Å². The van der Waals surface area contributed by atoms with Crippen molar-refractivity contribution in [2.75, 3.05) is 25.0 Å². The lowest BCUT2D eigenvalue weighted by Crippen LogP contribution is -2.29. The lowest BCUT2D eigenvalue weighted by molar-refractivity contribution is -0.384. The third-order valence-electron chi connectivity index (χ3n) is 3.07. The number of likely N-dealkylation sites (N-methyl/N-ethyl adjacent to an activating group) is 1. The number of nitro groups is 1. The SMILES string of the molecule is CNC1CCN(c2ccc(Cl)cc2[N+](=O)[O-])C1. The fraction of sp³-hybridized carbons (Fsp3) is 0.455. The zero-order valence-corrected chi connectivity index (χ0v) is 10.3. The fourth-order valence-corrected chi connectivity index (χ4v) is 2.29. The summed E-state index contributed by atoms with van der Waals surface area (Å²) in [5.74, 6) is 0. The van der Waals surface area contributed by atoms with E-state index in [2.05, 4.69) is 5.32 Å². The van der Waals surface area contributed by atoms with Gasteiger partial charge in [0.1, 0.15) is 5.69 Å². The molecule has 1 unspecified atom stereocenters. The van der Waals surface area contributed by atoms with Crippen LogP contribution in [0, 0.1) is 10.1 Å². The van der Waals surface area contributed by atoms with Crippen molar-refractivity contribution in [3.8, 4) is 0 Å². The molecule has 1 N–H and O–H groups in total. The number of nitro benzene ring substituents is 1. The molecule has 5 nitrogen and oxygen atoms in total. The van der Waals surface area contributed by atoms with Crippen LogP contribution < -0.4 is 10.2 Å². The van der Waals surface area contributed by atoms with Crippen LogP contribution in [0.4, 0.5) is 11.4 Å². The minimum Gasteiger partial charge on any atom is -0.364 e. The van der Waals surface area contributed by atoms with Crippen molar-refractivity contribution in [3.63, 3.8) is 0 Å². The molecular formula is C11H14ClN3O2. The molecule has 6 heteroatoms. The van der Waals surface area contributed by atoms with Crippen LogP contribution in [0.2, 0.25) is 5.02 Å². The van der Waals surface area contributed by atoms with Gasteiger partial charge >= 0.3 is 0 Å². The van der Waals surface area contributed by atoms with Gasteiger partial charge in [0.05, 0.1) is 4.92 Å². The fourth-order valence-electron chi connectivity index (χ4n) is 2.12. The summed E-state index contributed by atoms with van der Waals surface area (Å²) in [5, 5.41) is 14.6. The van der Waals surface area contributed by atoms with E-state index in [4.69, 9.17) is 11.6 Å². The Hall–Kier alpha value is -1.33. The van der Waals surface area contributed by atoms with Crippen molar-refractivity contribution in [1.82, 2.24) is 5.32 Å². The first-order valence-corrected chi connectivity index (χ1v) is 5.85. The molecule has 1 fully saturated rings. The second kappa shape index (κ2) is 4.89. The van der Waals surface area contributed by atoms with E-state index in [0.717, 1.165) is 19.5 Å². The Kier molecular flexibility index (Phi) is 3.49. The molecule has 0 radical (unpaired) electrons. The molecule has 0 aliphatic carbocycles. The lowest BCUT2D eigenvalue weighted by atomic mass is 10.2. The van der Waals surface area contributed by atoms with E-state index >= 15 is 0 Å². The first kappa shape index (κ1) is 12.1. The Labute approximate surface area is 105 Å². The number of benzene rings is 1. The summed E-state index contributed by atoms with van der Waals surface area (Å²) in [7, 11) is 1.91. The summed E-state index contributed by atoms with van der Waals surface area (Å²) in [6.07, 6.45) is 0.996. The van der Waals surface area contributed by atoms with Crippen LogP contribution in [0.25, 0.3) is 0 Å². The van der Waals surface area contributed by atoms with E-state index in [1.165, 1.54) is 6.07 Å². The topological polar surface area (TPSA) is 58.4 Å². The van der Waals surface area contributed by atoms with Crippen molar-refractivity contribution in [3.05, 3.63) is 33.3 Å². The van der Waals surface area contributed by atoms with Crippen LogP contribution in [0.5, 0.6) is 0 Å². The number of nitrogens with zero attached hydrogens (tertiary/aromatic N) is 2. The van der Waals surface area contributed by atoms with Gasteiger partial charge in [0.2, 0.25) is 0 Å². The lowest BCUT2D eigenvalue weighted by Gasteiger charge is -2.18. The molecule has 1 aromatic carbocycles. The van der Waals surface area contributed by atoms with Gasteiger partial charge in [-0.05, 0) is 25.6 Å². The van der Waals surface area contributed by atoms with Gasteiger partial charge < -0.3 is 10.2 Å². The van der Waals surface area contributed by atoms with E-state index in [1.54, 1.807) is 12.1 Å². The number of rotatable bonds is 3. The first-order valence-electron chi connectivity index (χ1n) is 5.48. The van der Waals surface area contributed by atoms with E-state index < -0.39 is 0 Å². The molecule has 17 heavy (non-hydrogen) atoms. The molecule has 1 saturated heterocycles. The predicted molar refractivity (Wildman–Crippen MR) is 67.8 cm³/mol. The molecule has 0 aromatic heterocycles. The third kappa shape index (κ3) is 2.50. The highest BCUT2D eigenvalue weighted by Crippen LogP contribution is 2.32. The van der Waals surface area contributed by atoms with Crippen molar-refractivity contribution in [2.24, 2.45) is 0 Å². The van der Waals surface area contributed by atoms with Crippen LogP contribution in [0.3, 0.4) is 0 Å². The van der Waals surface area contributed by atoms with Crippen molar-refractivity contribution >= 4 is 23.0 Å². The molecule has 92 valence electrons. The van der Waals surface area contributed by atoms with Gasteiger partial charge in [0, 0.05) is 30.2 Å². The number of hydrogen-bond donors (Lipinski definition) is 1. The summed E-state index contributed by atoms with van der Waals surface area (Å²) in [5.41, 5.74) is 0.728. The minimum atomic E-state index is -0.381. The Bertz CT molecular complexity index is 439. The molecule has 0 spiro atoms. The molecule has 1 atom stereocenters. The summed E-state index contributed by atoms with van der Waals surface area (Å²) >= 11 is 5.79. The summed E-state index contributed by atoms with van der Waals surface area (Å²) in [4.78, 5) is 12.6. The molecule has 1 aromatic rings. The number of nitrogens with one attached hydrogen (secondary N) is 1. The second-order valence-electron chi connectivity index (χ2n) is 4.11. The van der Waals surface area contributed by atoms with E-state index in [0.29, 0.717) is 16.8 Å². The maximum Gasteiger partial charge on any atom is 0.294 e. The molecule has 1 aliphatic rings. The molecule has 1 aliphatic heterocycles. The van der Waals surface area contributed by atoms with Crippen molar-refractivity contribution < 1.29 is 4.92 Å². The monoisotopic (exact) mass is 255 g/mol. The first-order chi connectivity index (χ1) is 8.11. The Morgan fingerprint density at radius 3 is 2.94 bits per heavy atom. The zero-order valence-electron chi connectivity index (χ0n) is 9.52. The predicted octanol–water partition coefficient (Wildman–Crippen LogP) is 2.05. The number of anilines is 1. The molecule has 0 amide bonds. The smallest absolute Gasteiger partial charge is 0.294 e. The van der Waals surface area contributed by atoms with Gasteiger partial charge in [0.25, 0.3) is 5.69 Å². The van der Waals surface area contributed by atoms with Crippen LogP contribution in [-0.2, 0) is 0 Å². The van der Waals surface area contributed by atoms with Crippen LogP contribution in [-0.4, -0.2) is 31.1 Å². The molecule has 0 saturated carbocycles. The van der Waals surface area contributed by atoms with E-state index in [1.807, 2.05) is 11.9 Å². The quantitative estimate of drug-likeness (QED) is 0.663. The summed E-state index contributed by atoms with van der Waals surface area (Å²) in [6, 6.07) is 5.21. The molecule has 1 heterocycles. The maximum absolute atomic E-state index is 11.0. The largest absolute Gasteiger partial charge is 0.364 e. The van der Waals surface area contributed by atoms with Crippen molar-refractivity contribution in [2.45, 2.75) is 12.5 Å². The number of halogens is 1. The van der Waals surface area contributed by atoms with Gasteiger partial charge in [-0.15, -0.1) is 0 Å². The van der Waals surface area contributed by atoms with E-state index in [-0.39, 0.29) is 10.6 Å². The Morgan fingerprint density at radius 2 is 2.35 bits per heavy atom. The van der Waals surface area contributed by atoms with Gasteiger partial charge in [0.15, 0.2) is 0 Å². The third-order valence-corrected chi connectivity index (χ3v) is 3.31. The van der Waals surface area contributed by atoms with Gasteiger partial charge in [-0.3, -0.25) is 10.1 Å². The maximum atomic E-state index is 11.0. The molecule has 0 bridgehead atoms. The van der Waals surface area contributed by atoms with E-state index in [9.17, 15) is 10.1 Å². The van der Waals surface area contributed by atoms with Crippen molar-refractivity contribution in [1.29, 1.82) is 0 Å². The minimum absolute atomic E-state index is 0.0780. The Balaban J connectivity index is 2.29. The average Bonchev–Trinajstić information content (AvgIpc) is 2.77. The van der Waals surface area contributed by atoms with Gasteiger partial charge in [-0.1, -0.05) is 11.6 Å². The highest BCUT2D eigenvalue weighted by Gasteiger charge is 2.26. The number of hydrogen-bond acceptors (Lipinski definition) is 4. The normalized spacial score (nSPS) is 19.6. The van der Waals surface area contributed by atoms with Gasteiger partial charge in [-0.2, -0.15) is 0 Å². The molecular weight excluding hydrogens is 242 g/mol.